The number of nitrogens with zero attached hydrogens (tertiary/aromatic N) is 3. The number of halogens is 2. The minimum absolute atomic E-state index is 0.221. The molecule has 0 aliphatic heterocycles. The van der Waals surface area contributed by atoms with Gasteiger partial charge in [-0.3, -0.25) is 0 Å². The van der Waals surface area contributed by atoms with Gasteiger partial charge in [-0.2, -0.15) is 0 Å². The Balaban J connectivity index is 1.72. The van der Waals surface area contributed by atoms with Crippen molar-refractivity contribution in [3.05, 3.63) is 78.2 Å². The largest absolute Gasteiger partial charge is 0.497 e. The molecular formula is C20H15F2N3O4S. The maximum Gasteiger partial charge on any atom is 0.218 e. The van der Waals surface area contributed by atoms with Crippen molar-refractivity contribution in [2.24, 2.45) is 0 Å². The molecule has 0 aliphatic carbocycles. The molecule has 0 atom stereocenters. The number of rotatable bonds is 6. The van der Waals surface area contributed by atoms with Crippen molar-refractivity contribution < 1.29 is 26.4 Å². The molecule has 0 fully saturated rings. The standard InChI is InChI=1S/C20H15F2N3O4S/c1-28-15-5-2-4-13(10-15)17-11-25(24-23-17)20-16(21)8-7-14(19(20)22)12-30(26,27)18-6-3-9-29-18/h2-11H,12H2,1H3. The number of ether oxygens (including phenoxy) is 1. The van der Waals surface area contributed by atoms with Crippen molar-refractivity contribution in [2.45, 2.75) is 10.8 Å². The summed E-state index contributed by atoms with van der Waals surface area (Å²) in [5.74, 6) is -2.07. The average molecular weight is 431 g/mol. The first kappa shape index (κ1) is 19.8. The van der Waals surface area contributed by atoms with E-state index in [1.54, 1.807) is 24.3 Å². The van der Waals surface area contributed by atoms with Crippen molar-refractivity contribution in [3.8, 4) is 22.7 Å². The van der Waals surface area contributed by atoms with E-state index >= 15 is 4.39 Å². The topological polar surface area (TPSA) is 87.2 Å². The second-order valence-electron chi connectivity index (χ2n) is 6.34. The third-order valence-electron chi connectivity index (χ3n) is 4.38. The number of hydrogen-bond donors (Lipinski definition) is 0. The Morgan fingerprint density at radius 1 is 1.13 bits per heavy atom. The zero-order valence-electron chi connectivity index (χ0n) is 15.6. The van der Waals surface area contributed by atoms with E-state index < -0.39 is 32.9 Å². The maximum atomic E-state index is 15.1. The highest BCUT2D eigenvalue weighted by atomic mass is 32.2. The fraction of sp³-hybridized carbons (Fsp3) is 0.100. The van der Waals surface area contributed by atoms with Crippen molar-refractivity contribution in [1.82, 2.24) is 15.0 Å². The first-order valence-electron chi connectivity index (χ1n) is 8.69. The molecule has 0 saturated carbocycles. The SMILES string of the molecule is COc1cccc(-c2cn(-c3c(F)ccc(CS(=O)(=O)c4ccco4)c3F)nn2)c1. The molecule has 0 aliphatic rings. The van der Waals surface area contributed by atoms with Gasteiger partial charge in [0.15, 0.2) is 11.6 Å². The van der Waals surface area contributed by atoms with Crippen molar-refractivity contribution in [1.29, 1.82) is 0 Å². The molecule has 4 aromatic rings. The summed E-state index contributed by atoms with van der Waals surface area (Å²) in [4.78, 5) is 0. The third kappa shape index (κ3) is 3.69. The smallest absolute Gasteiger partial charge is 0.218 e. The van der Waals surface area contributed by atoms with Crippen LogP contribution >= 0.6 is 0 Å². The van der Waals surface area contributed by atoms with Gasteiger partial charge in [0.05, 0.1) is 25.3 Å². The molecule has 0 amide bonds. The fourth-order valence-corrected chi connectivity index (χ4v) is 4.17. The Labute approximate surface area is 170 Å². The van der Waals surface area contributed by atoms with Crippen LogP contribution in [0.2, 0.25) is 0 Å². The van der Waals surface area contributed by atoms with Crippen LogP contribution in [-0.4, -0.2) is 30.5 Å². The number of furan rings is 1. The van der Waals surface area contributed by atoms with Gasteiger partial charge in [-0.05, 0) is 30.3 Å². The monoisotopic (exact) mass is 431 g/mol. The zero-order chi connectivity index (χ0) is 21.3. The highest BCUT2D eigenvalue weighted by molar-refractivity contribution is 7.90. The molecule has 0 unspecified atom stereocenters. The lowest BCUT2D eigenvalue weighted by Crippen LogP contribution is -2.10. The third-order valence-corrected chi connectivity index (χ3v) is 5.92. The van der Waals surface area contributed by atoms with Gasteiger partial charge in [0.2, 0.25) is 14.9 Å². The molecule has 0 N–H and O–H groups in total. The Morgan fingerprint density at radius 2 is 1.97 bits per heavy atom. The van der Waals surface area contributed by atoms with Crippen LogP contribution in [0.1, 0.15) is 5.56 Å². The Kier molecular flexibility index (Phi) is 5.08. The maximum absolute atomic E-state index is 15.1. The molecule has 154 valence electrons. The molecule has 2 aromatic carbocycles. The van der Waals surface area contributed by atoms with E-state index in [1.165, 1.54) is 31.7 Å². The summed E-state index contributed by atoms with van der Waals surface area (Å²) in [5.41, 5.74) is 0.254. The summed E-state index contributed by atoms with van der Waals surface area (Å²) in [6.07, 6.45) is 2.55. The van der Waals surface area contributed by atoms with Crippen molar-refractivity contribution >= 4 is 9.84 Å². The number of sulfone groups is 1. The van der Waals surface area contributed by atoms with Gasteiger partial charge in [-0.25, -0.2) is 21.9 Å². The fourth-order valence-electron chi connectivity index (χ4n) is 2.91. The number of benzene rings is 2. The van der Waals surface area contributed by atoms with Crippen LogP contribution in [-0.2, 0) is 15.6 Å². The molecule has 0 spiro atoms. The summed E-state index contributed by atoms with van der Waals surface area (Å²) in [6, 6.07) is 11.7. The molecule has 30 heavy (non-hydrogen) atoms. The molecule has 2 heterocycles. The molecule has 0 bridgehead atoms. The zero-order valence-corrected chi connectivity index (χ0v) is 16.4. The summed E-state index contributed by atoms with van der Waals surface area (Å²) in [5, 5.41) is 7.46. The number of hydrogen-bond acceptors (Lipinski definition) is 6. The van der Waals surface area contributed by atoms with E-state index in [0.29, 0.717) is 17.0 Å². The summed E-state index contributed by atoms with van der Waals surface area (Å²) >= 11 is 0. The second kappa shape index (κ2) is 7.71. The molecule has 10 heteroatoms. The molecule has 4 rings (SSSR count). The van der Waals surface area contributed by atoms with Crippen molar-refractivity contribution in [3.63, 3.8) is 0 Å². The lowest BCUT2D eigenvalue weighted by atomic mass is 10.1. The van der Waals surface area contributed by atoms with Gasteiger partial charge in [0.25, 0.3) is 0 Å². The van der Waals surface area contributed by atoms with Crippen LogP contribution in [0.3, 0.4) is 0 Å². The van der Waals surface area contributed by atoms with Crippen LogP contribution < -0.4 is 4.74 Å². The van der Waals surface area contributed by atoms with Crippen LogP contribution in [0.25, 0.3) is 16.9 Å². The molecule has 2 aromatic heterocycles. The molecule has 0 saturated heterocycles. The van der Waals surface area contributed by atoms with E-state index in [0.717, 1.165) is 16.8 Å². The van der Waals surface area contributed by atoms with Crippen LogP contribution in [0, 0.1) is 11.6 Å². The van der Waals surface area contributed by atoms with Crippen LogP contribution in [0.5, 0.6) is 5.75 Å². The molecule has 7 nitrogen and oxygen atoms in total. The summed E-state index contributed by atoms with van der Waals surface area (Å²) < 4.78 is 65.3. The van der Waals surface area contributed by atoms with E-state index in [9.17, 15) is 12.8 Å². The van der Waals surface area contributed by atoms with Gasteiger partial charge >= 0.3 is 0 Å². The summed E-state index contributed by atoms with van der Waals surface area (Å²) in [7, 11) is -2.42. The van der Waals surface area contributed by atoms with Gasteiger partial charge in [-0.1, -0.05) is 23.4 Å². The number of methoxy groups -OCH3 is 1. The first-order chi connectivity index (χ1) is 14.4. The van der Waals surface area contributed by atoms with E-state index in [-0.39, 0.29) is 10.7 Å². The van der Waals surface area contributed by atoms with Crippen molar-refractivity contribution in [2.75, 3.05) is 7.11 Å². The van der Waals surface area contributed by atoms with Crippen LogP contribution in [0.4, 0.5) is 8.78 Å². The van der Waals surface area contributed by atoms with E-state index in [4.69, 9.17) is 9.15 Å². The minimum atomic E-state index is -3.94. The Bertz CT molecular complexity index is 1300. The summed E-state index contributed by atoms with van der Waals surface area (Å²) in [6.45, 7) is 0. The highest BCUT2D eigenvalue weighted by Crippen LogP contribution is 2.27. The highest BCUT2D eigenvalue weighted by Gasteiger charge is 2.24. The predicted octanol–water partition coefficient (Wildman–Crippen LogP) is 3.79. The molecular weight excluding hydrogens is 416 g/mol. The van der Waals surface area contributed by atoms with Gasteiger partial charge in [0, 0.05) is 11.1 Å². The lowest BCUT2D eigenvalue weighted by Gasteiger charge is -2.09. The average Bonchev–Trinajstić information content (AvgIpc) is 3.43. The minimum Gasteiger partial charge on any atom is -0.497 e. The van der Waals surface area contributed by atoms with Gasteiger partial charge in [-0.15, -0.1) is 5.10 Å². The number of aromatic nitrogens is 3. The van der Waals surface area contributed by atoms with Gasteiger partial charge in [0.1, 0.15) is 17.1 Å². The quantitative estimate of drug-likeness (QED) is 0.462. The Morgan fingerprint density at radius 3 is 2.70 bits per heavy atom. The van der Waals surface area contributed by atoms with Gasteiger partial charge < -0.3 is 9.15 Å². The molecule has 0 radical (unpaired) electrons. The normalized spacial score (nSPS) is 11.6. The lowest BCUT2D eigenvalue weighted by molar-refractivity contribution is 0.415. The van der Waals surface area contributed by atoms with E-state index in [1.807, 2.05) is 0 Å². The van der Waals surface area contributed by atoms with E-state index in [2.05, 4.69) is 10.3 Å². The Hall–Kier alpha value is -3.53. The second-order valence-corrected chi connectivity index (χ2v) is 8.26. The first-order valence-corrected chi connectivity index (χ1v) is 10.3. The predicted molar refractivity (Wildman–Crippen MR) is 103 cm³/mol. The van der Waals surface area contributed by atoms with Crippen LogP contribution in [0.15, 0.2) is 70.5 Å².